The van der Waals surface area contributed by atoms with E-state index in [2.05, 4.69) is 0 Å². The number of carbonyl (C=O) groups excluding carboxylic acids is 2. The predicted octanol–water partition coefficient (Wildman–Crippen LogP) is 1.58. The highest BCUT2D eigenvalue weighted by molar-refractivity contribution is 6.15. The molecule has 80 valence electrons. The van der Waals surface area contributed by atoms with Crippen LogP contribution in [0, 0.1) is 5.92 Å². The molecule has 4 heteroatoms. The van der Waals surface area contributed by atoms with E-state index in [1.807, 2.05) is 0 Å². The van der Waals surface area contributed by atoms with Gasteiger partial charge < -0.3 is 10.2 Å². The molecule has 0 fully saturated rings. The lowest BCUT2D eigenvalue weighted by Crippen LogP contribution is -2.07. The second-order valence-electron chi connectivity index (χ2n) is 4.03. The molecule has 15 heavy (non-hydrogen) atoms. The molecule has 1 atom stereocenters. The molecule has 0 saturated carbocycles. The van der Waals surface area contributed by atoms with Gasteiger partial charge in [0.05, 0.1) is 11.1 Å². The standard InChI is InChI=1S/C11H12O4/c1-5-4-8(14)10(11(5)15)9-6(12)2-3-7(9)13/h5,12,15H,2-4H2,1H3/t5-/m0/s1. The minimum atomic E-state index is -0.253. The van der Waals surface area contributed by atoms with E-state index in [-0.39, 0.29) is 59.4 Å². The van der Waals surface area contributed by atoms with Gasteiger partial charge in [0, 0.05) is 25.2 Å². The van der Waals surface area contributed by atoms with Crippen molar-refractivity contribution >= 4 is 11.6 Å². The van der Waals surface area contributed by atoms with Crippen LogP contribution in [0.5, 0.6) is 0 Å². The molecular formula is C11H12O4. The van der Waals surface area contributed by atoms with Crippen LogP contribution < -0.4 is 0 Å². The van der Waals surface area contributed by atoms with Crippen LogP contribution >= 0.6 is 0 Å². The first-order valence-electron chi connectivity index (χ1n) is 4.94. The normalized spacial score (nSPS) is 27.1. The van der Waals surface area contributed by atoms with Gasteiger partial charge in [0.25, 0.3) is 0 Å². The zero-order valence-corrected chi connectivity index (χ0v) is 8.41. The molecule has 0 aromatic rings. The SMILES string of the molecule is C[C@H]1CC(=O)C(C2=C(O)CCC2=O)=C1O. The van der Waals surface area contributed by atoms with Crippen molar-refractivity contribution in [1.29, 1.82) is 0 Å². The largest absolute Gasteiger partial charge is 0.512 e. The lowest BCUT2D eigenvalue weighted by atomic mass is 10.0. The van der Waals surface area contributed by atoms with Crippen LogP contribution in [0.15, 0.2) is 22.7 Å². The molecule has 2 aliphatic carbocycles. The molecule has 0 aromatic heterocycles. The fraction of sp³-hybridized carbons (Fsp3) is 0.455. The molecule has 0 heterocycles. The molecule has 0 spiro atoms. The Kier molecular flexibility index (Phi) is 2.14. The van der Waals surface area contributed by atoms with Gasteiger partial charge in [-0.05, 0) is 0 Å². The van der Waals surface area contributed by atoms with Crippen LogP contribution in [0.4, 0.5) is 0 Å². The molecule has 0 aliphatic heterocycles. The van der Waals surface area contributed by atoms with Crippen molar-refractivity contribution in [2.45, 2.75) is 26.2 Å². The second-order valence-corrected chi connectivity index (χ2v) is 4.03. The first kappa shape index (κ1) is 9.96. The van der Waals surface area contributed by atoms with Gasteiger partial charge in [0.15, 0.2) is 11.6 Å². The van der Waals surface area contributed by atoms with Crippen LogP contribution in [-0.4, -0.2) is 21.8 Å². The van der Waals surface area contributed by atoms with Crippen molar-refractivity contribution < 1.29 is 19.8 Å². The molecule has 0 bridgehead atoms. The Bertz CT molecular complexity index is 414. The minimum Gasteiger partial charge on any atom is -0.512 e. The van der Waals surface area contributed by atoms with Crippen molar-refractivity contribution in [2.24, 2.45) is 5.92 Å². The van der Waals surface area contributed by atoms with Crippen LogP contribution in [0.25, 0.3) is 0 Å². The van der Waals surface area contributed by atoms with Gasteiger partial charge in [-0.3, -0.25) is 9.59 Å². The third-order valence-corrected chi connectivity index (χ3v) is 2.90. The van der Waals surface area contributed by atoms with Crippen molar-refractivity contribution in [2.75, 3.05) is 0 Å². The molecule has 0 unspecified atom stereocenters. The number of carbonyl (C=O) groups is 2. The van der Waals surface area contributed by atoms with Crippen LogP contribution in [0.2, 0.25) is 0 Å². The Morgan fingerprint density at radius 1 is 1.07 bits per heavy atom. The lowest BCUT2D eigenvalue weighted by Gasteiger charge is -2.03. The average molecular weight is 208 g/mol. The number of Topliss-reactive ketones (excluding diaryl/α,β-unsaturated/α-hetero) is 2. The van der Waals surface area contributed by atoms with E-state index in [0.717, 1.165) is 0 Å². The fourth-order valence-electron chi connectivity index (χ4n) is 2.06. The molecule has 2 aliphatic rings. The number of allylic oxidation sites excluding steroid dienone is 4. The van der Waals surface area contributed by atoms with E-state index in [1.165, 1.54) is 0 Å². The van der Waals surface area contributed by atoms with E-state index < -0.39 is 0 Å². The van der Waals surface area contributed by atoms with Gasteiger partial charge in [-0.2, -0.15) is 0 Å². The van der Waals surface area contributed by atoms with Gasteiger partial charge in [-0.25, -0.2) is 0 Å². The summed E-state index contributed by atoms with van der Waals surface area (Å²) < 4.78 is 0. The molecule has 2 rings (SSSR count). The first-order chi connectivity index (χ1) is 7.02. The molecule has 0 radical (unpaired) electrons. The number of aliphatic hydroxyl groups excluding tert-OH is 2. The Balaban J connectivity index is 2.52. The van der Waals surface area contributed by atoms with Crippen molar-refractivity contribution in [3.05, 3.63) is 22.7 Å². The summed E-state index contributed by atoms with van der Waals surface area (Å²) in [5.41, 5.74) is 0.0874. The summed E-state index contributed by atoms with van der Waals surface area (Å²) in [7, 11) is 0. The first-order valence-corrected chi connectivity index (χ1v) is 4.94. The van der Waals surface area contributed by atoms with Crippen LogP contribution in [0.3, 0.4) is 0 Å². The topological polar surface area (TPSA) is 74.6 Å². The predicted molar refractivity (Wildman–Crippen MR) is 52.3 cm³/mol. The Labute approximate surface area is 86.9 Å². The van der Waals surface area contributed by atoms with Crippen molar-refractivity contribution in [3.63, 3.8) is 0 Å². The third-order valence-electron chi connectivity index (χ3n) is 2.90. The highest BCUT2D eigenvalue weighted by Crippen LogP contribution is 2.36. The number of ketones is 2. The van der Waals surface area contributed by atoms with E-state index >= 15 is 0 Å². The summed E-state index contributed by atoms with van der Waals surface area (Å²) in [6.07, 6.45) is 0.706. The maximum absolute atomic E-state index is 11.6. The molecule has 0 aromatic carbocycles. The van der Waals surface area contributed by atoms with Gasteiger partial charge in [-0.1, -0.05) is 6.92 Å². The van der Waals surface area contributed by atoms with Crippen molar-refractivity contribution in [1.82, 2.24) is 0 Å². The highest BCUT2D eigenvalue weighted by atomic mass is 16.3. The summed E-state index contributed by atoms with van der Waals surface area (Å²) in [5.74, 6) is -0.879. The van der Waals surface area contributed by atoms with E-state index in [4.69, 9.17) is 0 Å². The monoisotopic (exact) mass is 208 g/mol. The highest BCUT2D eigenvalue weighted by Gasteiger charge is 2.37. The molecule has 4 nitrogen and oxygen atoms in total. The Hall–Kier alpha value is -1.58. The molecular weight excluding hydrogens is 196 g/mol. The summed E-state index contributed by atoms with van der Waals surface area (Å²) in [5, 5.41) is 19.2. The second kappa shape index (κ2) is 3.22. The third kappa shape index (κ3) is 1.37. The summed E-state index contributed by atoms with van der Waals surface area (Å²) in [6, 6.07) is 0. The molecule has 2 N–H and O–H groups in total. The average Bonchev–Trinajstić information content (AvgIpc) is 2.59. The number of hydrogen-bond acceptors (Lipinski definition) is 4. The van der Waals surface area contributed by atoms with Gasteiger partial charge in [0.2, 0.25) is 0 Å². The van der Waals surface area contributed by atoms with Crippen LogP contribution in [-0.2, 0) is 9.59 Å². The van der Waals surface area contributed by atoms with E-state index in [0.29, 0.717) is 0 Å². The Morgan fingerprint density at radius 2 is 1.73 bits per heavy atom. The van der Waals surface area contributed by atoms with Gasteiger partial charge in [0.1, 0.15) is 11.5 Å². The smallest absolute Gasteiger partial charge is 0.167 e. The van der Waals surface area contributed by atoms with Gasteiger partial charge >= 0.3 is 0 Å². The molecule has 0 saturated heterocycles. The van der Waals surface area contributed by atoms with Crippen molar-refractivity contribution in [3.8, 4) is 0 Å². The summed E-state index contributed by atoms with van der Waals surface area (Å²) in [4.78, 5) is 23.0. The maximum atomic E-state index is 11.6. The van der Waals surface area contributed by atoms with Crippen LogP contribution in [0.1, 0.15) is 26.2 Å². The lowest BCUT2D eigenvalue weighted by molar-refractivity contribution is -0.117. The minimum absolute atomic E-state index is 0.0434. The summed E-state index contributed by atoms with van der Waals surface area (Å²) in [6.45, 7) is 1.72. The zero-order chi connectivity index (χ0) is 11.2. The van der Waals surface area contributed by atoms with E-state index in [9.17, 15) is 19.8 Å². The number of rotatable bonds is 1. The molecule has 0 amide bonds. The zero-order valence-electron chi connectivity index (χ0n) is 8.41. The number of aliphatic hydroxyl groups is 2. The Morgan fingerprint density at radius 3 is 2.13 bits per heavy atom. The maximum Gasteiger partial charge on any atom is 0.167 e. The fourth-order valence-corrected chi connectivity index (χ4v) is 2.06. The summed E-state index contributed by atoms with van der Waals surface area (Å²) >= 11 is 0. The quantitative estimate of drug-likeness (QED) is 0.686. The van der Waals surface area contributed by atoms with Gasteiger partial charge in [-0.15, -0.1) is 0 Å². The van der Waals surface area contributed by atoms with E-state index in [1.54, 1.807) is 6.92 Å². The number of hydrogen-bond donors (Lipinski definition) is 2.